The molecule has 0 N–H and O–H groups in total. The average Bonchev–Trinajstić information content (AvgIpc) is 3.38. The van der Waals surface area contributed by atoms with Crippen LogP contribution in [0.3, 0.4) is 0 Å². The van der Waals surface area contributed by atoms with Crippen LogP contribution in [0.5, 0.6) is 0 Å². The van der Waals surface area contributed by atoms with Crippen molar-refractivity contribution in [3.8, 4) is 33.4 Å². The molecule has 0 aromatic heterocycles. The van der Waals surface area contributed by atoms with E-state index in [1.807, 2.05) is 0 Å². The molecule has 0 radical (unpaired) electrons. The average molecular weight is 819 g/mol. The molecule has 1 aliphatic carbocycles. The smallest absolute Gasteiger partial charge is 0.0462 e. The first kappa shape index (κ1) is 38.7. The van der Waals surface area contributed by atoms with Crippen molar-refractivity contribution in [2.24, 2.45) is 0 Å². The lowest BCUT2D eigenvalue weighted by atomic mass is 9.93. The molecule has 0 bridgehead atoms. The highest BCUT2D eigenvalue weighted by atomic mass is 15.2. The SMILES string of the molecule is C1=C(c2ccc(-c3ccc(N(c4ccccc4)c4ccc(-c5ccc6ccccc6c5)cc4)cc3)cc2)CCC(N(c2ccccc2)c2ccc(-c3ccc4ccccc4c3)cc2)=C1. The maximum atomic E-state index is 2.41. The molecule has 10 aromatic carbocycles. The predicted molar refractivity (Wildman–Crippen MR) is 273 cm³/mol. The molecule has 0 heterocycles. The molecule has 64 heavy (non-hydrogen) atoms. The molecule has 11 rings (SSSR count). The van der Waals surface area contributed by atoms with Gasteiger partial charge in [0.25, 0.3) is 0 Å². The van der Waals surface area contributed by atoms with E-state index in [9.17, 15) is 0 Å². The first-order chi connectivity index (χ1) is 31.7. The highest BCUT2D eigenvalue weighted by molar-refractivity contribution is 5.89. The minimum atomic E-state index is 0.945. The lowest BCUT2D eigenvalue weighted by Gasteiger charge is -2.30. The summed E-state index contributed by atoms with van der Waals surface area (Å²) >= 11 is 0. The molecule has 0 fully saturated rings. The van der Waals surface area contributed by atoms with Crippen LogP contribution in [0.1, 0.15) is 18.4 Å². The number of para-hydroxylation sites is 2. The Kier molecular flexibility index (Phi) is 10.5. The van der Waals surface area contributed by atoms with Crippen LogP contribution in [0.25, 0.3) is 60.5 Å². The standard InChI is InChI=1S/C62H46N2/c1-3-15-57(16-4-1)63(61-39-31-51(32-40-61)55-25-23-45-11-7-9-13-53(45)43-55)59-35-27-49(28-36-59)47-19-21-48(22-20-47)50-29-37-60(38-30-50)64(58-17-5-2-6-18-58)62-41-33-52(34-42-62)56-26-24-46-12-8-10-14-54(46)44-56/h1-29,31-37,39-44H,30,38H2. The van der Waals surface area contributed by atoms with Gasteiger partial charge in [-0.15, -0.1) is 0 Å². The van der Waals surface area contributed by atoms with E-state index in [-0.39, 0.29) is 0 Å². The molecule has 2 heteroatoms. The summed E-state index contributed by atoms with van der Waals surface area (Å²) in [5, 5.41) is 5.03. The van der Waals surface area contributed by atoms with E-state index in [4.69, 9.17) is 0 Å². The second-order valence-electron chi connectivity index (χ2n) is 16.5. The van der Waals surface area contributed by atoms with Gasteiger partial charge in [0, 0.05) is 34.1 Å². The van der Waals surface area contributed by atoms with E-state index in [0.717, 1.165) is 35.6 Å². The summed E-state index contributed by atoms with van der Waals surface area (Å²) in [7, 11) is 0. The molecule has 0 saturated carbocycles. The summed E-state index contributed by atoms with van der Waals surface area (Å²) in [4.78, 5) is 4.73. The van der Waals surface area contributed by atoms with Gasteiger partial charge in [0.05, 0.1) is 0 Å². The molecule has 2 nitrogen and oxygen atoms in total. The largest absolute Gasteiger partial charge is 0.314 e. The van der Waals surface area contributed by atoms with Gasteiger partial charge in [-0.2, -0.15) is 0 Å². The van der Waals surface area contributed by atoms with Gasteiger partial charge in [0.15, 0.2) is 0 Å². The van der Waals surface area contributed by atoms with Crippen molar-refractivity contribution >= 4 is 55.6 Å². The fourth-order valence-corrected chi connectivity index (χ4v) is 9.16. The Labute approximate surface area is 376 Å². The van der Waals surface area contributed by atoms with E-state index >= 15 is 0 Å². The van der Waals surface area contributed by atoms with E-state index in [2.05, 4.69) is 265 Å². The van der Waals surface area contributed by atoms with Crippen molar-refractivity contribution in [3.63, 3.8) is 0 Å². The number of fused-ring (bicyclic) bond motifs is 2. The zero-order valence-corrected chi connectivity index (χ0v) is 35.6. The van der Waals surface area contributed by atoms with Crippen molar-refractivity contribution in [3.05, 3.63) is 266 Å². The van der Waals surface area contributed by atoms with Gasteiger partial charge in [0.2, 0.25) is 0 Å². The molecule has 0 atom stereocenters. The highest BCUT2D eigenvalue weighted by Crippen LogP contribution is 2.40. The van der Waals surface area contributed by atoms with Gasteiger partial charge in [0.1, 0.15) is 0 Å². The third-order valence-electron chi connectivity index (χ3n) is 12.6. The van der Waals surface area contributed by atoms with Gasteiger partial charge >= 0.3 is 0 Å². The molecular weight excluding hydrogens is 773 g/mol. The second kappa shape index (κ2) is 17.3. The summed E-state index contributed by atoms with van der Waals surface area (Å²) in [5.41, 5.74) is 16.9. The third-order valence-corrected chi connectivity index (χ3v) is 12.6. The molecular formula is C62H46N2. The lowest BCUT2D eigenvalue weighted by molar-refractivity contribution is 0.930. The monoisotopic (exact) mass is 818 g/mol. The van der Waals surface area contributed by atoms with Crippen LogP contribution in [-0.4, -0.2) is 0 Å². The second-order valence-corrected chi connectivity index (χ2v) is 16.5. The molecule has 304 valence electrons. The van der Waals surface area contributed by atoms with Crippen LogP contribution >= 0.6 is 0 Å². The maximum absolute atomic E-state index is 2.41. The molecule has 1 aliphatic rings. The number of allylic oxidation sites excluding steroid dienone is 4. The van der Waals surface area contributed by atoms with Crippen molar-refractivity contribution in [1.29, 1.82) is 0 Å². The van der Waals surface area contributed by atoms with Crippen LogP contribution < -0.4 is 9.80 Å². The summed E-state index contributed by atoms with van der Waals surface area (Å²) < 4.78 is 0. The van der Waals surface area contributed by atoms with Crippen LogP contribution in [-0.2, 0) is 0 Å². The first-order valence-corrected chi connectivity index (χ1v) is 22.2. The van der Waals surface area contributed by atoms with Crippen molar-refractivity contribution in [2.75, 3.05) is 9.80 Å². The topological polar surface area (TPSA) is 6.48 Å². The Morgan fingerprint density at radius 2 is 0.578 bits per heavy atom. The number of benzene rings is 10. The van der Waals surface area contributed by atoms with Gasteiger partial charge in [-0.05, 0) is 158 Å². The number of hydrogen-bond acceptors (Lipinski definition) is 2. The highest BCUT2D eigenvalue weighted by Gasteiger charge is 2.19. The molecule has 10 aromatic rings. The van der Waals surface area contributed by atoms with Crippen LogP contribution in [0.15, 0.2) is 261 Å². The van der Waals surface area contributed by atoms with Gasteiger partial charge in [-0.3, -0.25) is 0 Å². The quantitative estimate of drug-likeness (QED) is 0.136. The molecule has 0 saturated heterocycles. The molecule has 0 aliphatic heterocycles. The van der Waals surface area contributed by atoms with Crippen LogP contribution in [0.2, 0.25) is 0 Å². The fraction of sp³-hybridized carbons (Fsp3) is 0.0323. The van der Waals surface area contributed by atoms with Gasteiger partial charge < -0.3 is 9.80 Å². The van der Waals surface area contributed by atoms with E-state index in [0.29, 0.717) is 0 Å². The summed E-state index contributed by atoms with van der Waals surface area (Å²) in [6.45, 7) is 0. The Morgan fingerprint density at radius 3 is 1.03 bits per heavy atom. The maximum Gasteiger partial charge on any atom is 0.0462 e. The van der Waals surface area contributed by atoms with Crippen molar-refractivity contribution in [1.82, 2.24) is 0 Å². The zero-order chi connectivity index (χ0) is 42.7. The van der Waals surface area contributed by atoms with E-state index < -0.39 is 0 Å². The minimum absolute atomic E-state index is 0.945. The van der Waals surface area contributed by atoms with Crippen molar-refractivity contribution in [2.45, 2.75) is 12.8 Å². The zero-order valence-electron chi connectivity index (χ0n) is 35.6. The number of nitrogens with zero attached hydrogens (tertiary/aromatic N) is 2. The Bertz CT molecular complexity index is 3270. The fourth-order valence-electron chi connectivity index (χ4n) is 9.16. The Morgan fingerprint density at radius 1 is 0.234 bits per heavy atom. The Balaban J connectivity index is 0.819. The number of hydrogen-bond donors (Lipinski definition) is 0. The lowest BCUT2D eigenvalue weighted by Crippen LogP contribution is -2.17. The molecule has 0 spiro atoms. The van der Waals surface area contributed by atoms with Crippen molar-refractivity contribution < 1.29 is 0 Å². The predicted octanol–water partition coefficient (Wildman–Crippen LogP) is 17.4. The normalized spacial score (nSPS) is 12.4. The van der Waals surface area contributed by atoms with E-state index in [1.165, 1.54) is 77.4 Å². The summed E-state index contributed by atoms with van der Waals surface area (Å²) in [6.07, 6.45) is 6.54. The minimum Gasteiger partial charge on any atom is -0.314 e. The number of rotatable bonds is 10. The summed E-state index contributed by atoms with van der Waals surface area (Å²) in [6, 6.07) is 87.8. The first-order valence-electron chi connectivity index (χ1n) is 22.2. The van der Waals surface area contributed by atoms with Gasteiger partial charge in [-0.25, -0.2) is 0 Å². The van der Waals surface area contributed by atoms with E-state index in [1.54, 1.807) is 0 Å². The molecule has 0 amide bonds. The van der Waals surface area contributed by atoms with Gasteiger partial charge in [-0.1, -0.05) is 176 Å². The van der Waals surface area contributed by atoms with Crippen LogP contribution in [0.4, 0.5) is 28.4 Å². The Hall–Kier alpha value is -8.20. The van der Waals surface area contributed by atoms with Crippen LogP contribution in [0, 0.1) is 0 Å². The third kappa shape index (κ3) is 7.90. The molecule has 0 unspecified atom stereocenters. The summed E-state index contributed by atoms with van der Waals surface area (Å²) in [5.74, 6) is 0. The number of anilines is 5.